The Morgan fingerprint density at radius 1 is 0.933 bits per heavy atom. The number of benzene rings is 3. The van der Waals surface area contributed by atoms with Crippen LogP contribution in [0.25, 0.3) is 22.0 Å². The number of hydrogen-bond donors (Lipinski definition) is 1. The normalized spacial score (nSPS) is 17.4. The van der Waals surface area contributed by atoms with E-state index in [0.29, 0.717) is 12.1 Å². The van der Waals surface area contributed by atoms with Crippen LogP contribution in [-0.2, 0) is 0 Å². The van der Waals surface area contributed by atoms with Crippen LogP contribution in [0.3, 0.4) is 0 Å². The number of rotatable bonds is 5. The molecule has 4 heteroatoms. The van der Waals surface area contributed by atoms with Gasteiger partial charge in [-0.25, -0.2) is 9.97 Å². The molecule has 30 heavy (non-hydrogen) atoms. The third-order valence-electron chi connectivity index (χ3n) is 6.01. The molecule has 1 N–H and O–H groups in total. The Labute approximate surface area is 177 Å². The first-order valence-electron chi connectivity index (χ1n) is 10.6. The molecule has 5 rings (SSSR count). The molecule has 2 unspecified atom stereocenters. The largest absolute Gasteiger partial charge is 0.355 e. The fourth-order valence-corrected chi connectivity index (χ4v) is 4.46. The minimum absolute atomic E-state index is 0.298. The van der Waals surface area contributed by atoms with Gasteiger partial charge in [0.05, 0.1) is 5.69 Å². The van der Waals surface area contributed by atoms with Gasteiger partial charge in [0.15, 0.2) is 0 Å². The molecule has 4 aromatic rings. The van der Waals surface area contributed by atoms with E-state index in [1.807, 2.05) is 18.2 Å². The lowest BCUT2D eigenvalue weighted by Crippen LogP contribution is -2.34. The van der Waals surface area contributed by atoms with E-state index in [2.05, 4.69) is 87.8 Å². The molecule has 1 aliphatic heterocycles. The van der Waals surface area contributed by atoms with Gasteiger partial charge in [-0.1, -0.05) is 72.8 Å². The molecule has 0 radical (unpaired) electrons. The van der Waals surface area contributed by atoms with E-state index in [4.69, 9.17) is 0 Å². The predicted octanol–water partition coefficient (Wildman–Crippen LogP) is 5.23. The van der Waals surface area contributed by atoms with E-state index in [-0.39, 0.29) is 0 Å². The lowest BCUT2D eigenvalue weighted by atomic mass is 9.99. The van der Waals surface area contributed by atoms with E-state index >= 15 is 0 Å². The number of fused-ring (bicyclic) bond motifs is 1. The van der Waals surface area contributed by atoms with E-state index in [1.165, 1.54) is 16.3 Å². The highest BCUT2D eigenvalue weighted by atomic mass is 15.2. The first-order chi connectivity index (χ1) is 14.8. The number of anilines is 1. The molecule has 1 saturated heterocycles. The molecule has 0 spiro atoms. The van der Waals surface area contributed by atoms with Crippen molar-refractivity contribution in [3.05, 3.63) is 90.8 Å². The molecule has 2 atom stereocenters. The standard InChI is InChI=1S/C26H26N4/c1-19(23-13-7-11-20-8-5-6-12-24(20)23)29-22-14-15-30(17-22)26-16-25(27-18-28-26)21-9-3-2-4-10-21/h2-13,16,18-19,22,29H,14-15,17H2,1H3. The van der Waals surface area contributed by atoms with Gasteiger partial charge in [0.1, 0.15) is 12.1 Å². The van der Waals surface area contributed by atoms with Crippen LogP contribution in [0.4, 0.5) is 5.82 Å². The molecule has 150 valence electrons. The van der Waals surface area contributed by atoms with Crippen LogP contribution < -0.4 is 10.2 Å². The van der Waals surface area contributed by atoms with Crippen molar-refractivity contribution >= 4 is 16.6 Å². The van der Waals surface area contributed by atoms with E-state index < -0.39 is 0 Å². The van der Waals surface area contributed by atoms with Gasteiger partial charge >= 0.3 is 0 Å². The molecule has 3 aromatic carbocycles. The molecule has 2 heterocycles. The van der Waals surface area contributed by atoms with Crippen LogP contribution in [0.15, 0.2) is 85.2 Å². The van der Waals surface area contributed by atoms with Gasteiger partial charge in [-0.3, -0.25) is 0 Å². The van der Waals surface area contributed by atoms with Crippen LogP contribution >= 0.6 is 0 Å². The van der Waals surface area contributed by atoms with Gasteiger partial charge in [-0.05, 0) is 29.7 Å². The average Bonchev–Trinajstić information content (AvgIpc) is 3.28. The maximum absolute atomic E-state index is 4.55. The Kier molecular flexibility index (Phi) is 5.16. The highest BCUT2D eigenvalue weighted by molar-refractivity contribution is 5.86. The van der Waals surface area contributed by atoms with E-state index in [0.717, 1.165) is 36.6 Å². The predicted molar refractivity (Wildman–Crippen MR) is 124 cm³/mol. The van der Waals surface area contributed by atoms with Crippen molar-refractivity contribution in [3.63, 3.8) is 0 Å². The molecule has 0 aliphatic carbocycles. The summed E-state index contributed by atoms with van der Waals surface area (Å²) < 4.78 is 0. The summed E-state index contributed by atoms with van der Waals surface area (Å²) in [5.74, 6) is 1.01. The van der Waals surface area contributed by atoms with E-state index in [9.17, 15) is 0 Å². The summed E-state index contributed by atoms with van der Waals surface area (Å²) in [5.41, 5.74) is 3.46. The van der Waals surface area contributed by atoms with Gasteiger partial charge in [-0.2, -0.15) is 0 Å². The van der Waals surface area contributed by atoms with Gasteiger partial charge in [0.2, 0.25) is 0 Å². The summed E-state index contributed by atoms with van der Waals surface area (Å²) in [5, 5.41) is 6.48. The minimum Gasteiger partial charge on any atom is -0.355 e. The fourth-order valence-electron chi connectivity index (χ4n) is 4.46. The fraction of sp³-hybridized carbons (Fsp3) is 0.231. The van der Waals surface area contributed by atoms with Crippen molar-refractivity contribution in [2.75, 3.05) is 18.0 Å². The zero-order valence-corrected chi connectivity index (χ0v) is 17.2. The van der Waals surface area contributed by atoms with Gasteiger partial charge in [-0.15, -0.1) is 0 Å². The third-order valence-corrected chi connectivity index (χ3v) is 6.01. The van der Waals surface area contributed by atoms with Crippen molar-refractivity contribution < 1.29 is 0 Å². The summed E-state index contributed by atoms with van der Waals surface area (Å²) in [6, 6.07) is 28.3. The molecule has 4 nitrogen and oxygen atoms in total. The van der Waals surface area contributed by atoms with Crippen molar-refractivity contribution in [3.8, 4) is 11.3 Å². The molecule has 0 amide bonds. The quantitative estimate of drug-likeness (QED) is 0.503. The molecule has 1 fully saturated rings. The van der Waals surface area contributed by atoms with Crippen LogP contribution in [0.5, 0.6) is 0 Å². The van der Waals surface area contributed by atoms with Crippen molar-refractivity contribution in [2.45, 2.75) is 25.4 Å². The SMILES string of the molecule is CC(NC1CCN(c2cc(-c3ccccc3)ncn2)C1)c1cccc2ccccc12. The summed E-state index contributed by atoms with van der Waals surface area (Å²) in [4.78, 5) is 11.4. The summed E-state index contributed by atoms with van der Waals surface area (Å²) in [6.45, 7) is 4.23. The third kappa shape index (κ3) is 3.79. The number of hydrogen-bond acceptors (Lipinski definition) is 4. The van der Waals surface area contributed by atoms with E-state index in [1.54, 1.807) is 6.33 Å². The maximum Gasteiger partial charge on any atom is 0.132 e. The van der Waals surface area contributed by atoms with Crippen molar-refractivity contribution in [2.24, 2.45) is 0 Å². The highest BCUT2D eigenvalue weighted by Crippen LogP contribution is 2.27. The van der Waals surface area contributed by atoms with Gasteiger partial charge in [0.25, 0.3) is 0 Å². The smallest absolute Gasteiger partial charge is 0.132 e. The van der Waals surface area contributed by atoms with Crippen LogP contribution in [0, 0.1) is 0 Å². The van der Waals surface area contributed by atoms with Gasteiger partial charge < -0.3 is 10.2 Å². The molecule has 1 aliphatic rings. The monoisotopic (exact) mass is 394 g/mol. The summed E-state index contributed by atoms with van der Waals surface area (Å²) in [7, 11) is 0. The number of nitrogens with zero attached hydrogens (tertiary/aromatic N) is 3. The maximum atomic E-state index is 4.55. The molecule has 1 aromatic heterocycles. The Hall–Kier alpha value is -3.24. The second kappa shape index (κ2) is 8.25. The second-order valence-electron chi connectivity index (χ2n) is 8.02. The average molecular weight is 395 g/mol. The van der Waals surface area contributed by atoms with Crippen LogP contribution in [0.1, 0.15) is 24.9 Å². The minimum atomic E-state index is 0.298. The Morgan fingerprint density at radius 3 is 2.63 bits per heavy atom. The molecule has 0 bridgehead atoms. The van der Waals surface area contributed by atoms with Crippen LogP contribution in [0.2, 0.25) is 0 Å². The van der Waals surface area contributed by atoms with Gasteiger partial charge in [0, 0.05) is 36.8 Å². The van der Waals surface area contributed by atoms with Crippen molar-refractivity contribution in [1.82, 2.24) is 15.3 Å². The number of nitrogens with one attached hydrogen (secondary N) is 1. The van der Waals surface area contributed by atoms with Crippen molar-refractivity contribution in [1.29, 1.82) is 0 Å². The Morgan fingerprint density at radius 2 is 1.73 bits per heavy atom. The Balaban J connectivity index is 1.29. The lowest BCUT2D eigenvalue weighted by Gasteiger charge is -2.22. The first-order valence-corrected chi connectivity index (χ1v) is 10.6. The van der Waals surface area contributed by atoms with Crippen LogP contribution in [-0.4, -0.2) is 29.1 Å². The molecular formula is C26H26N4. The topological polar surface area (TPSA) is 41.0 Å². The zero-order valence-electron chi connectivity index (χ0n) is 17.2. The zero-order chi connectivity index (χ0) is 20.3. The second-order valence-corrected chi connectivity index (χ2v) is 8.02. The summed E-state index contributed by atoms with van der Waals surface area (Å²) >= 11 is 0. The summed E-state index contributed by atoms with van der Waals surface area (Å²) in [6.07, 6.45) is 2.79. The molecular weight excluding hydrogens is 368 g/mol. The first kappa shape index (κ1) is 18.8. The number of aromatic nitrogens is 2. The Bertz CT molecular complexity index is 1140. The lowest BCUT2D eigenvalue weighted by molar-refractivity contribution is 0.483. The molecule has 0 saturated carbocycles. The highest BCUT2D eigenvalue weighted by Gasteiger charge is 2.25.